The van der Waals surface area contributed by atoms with Gasteiger partial charge in [0.2, 0.25) is 0 Å². The van der Waals surface area contributed by atoms with Gasteiger partial charge in [0.1, 0.15) is 0 Å². The van der Waals surface area contributed by atoms with Crippen molar-refractivity contribution in [1.29, 1.82) is 0 Å². The van der Waals surface area contributed by atoms with Gasteiger partial charge in [-0.3, -0.25) is 0 Å². The molecule has 0 radical (unpaired) electrons. The van der Waals surface area contributed by atoms with Gasteiger partial charge in [-0.25, -0.2) is 4.79 Å². The first-order valence-corrected chi connectivity index (χ1v) is 5.18. The van der Waals surface area contributed by atoms with Gasteiger partial charge in [-0.15, -0.1) is 0 Å². The van der Waals surface area contributed by atoms with Gasteiger partial charge in [0.15, 0.2) is 0 Å². The Morgan fingerprint density at radius 1 is 1.50 bits per heavy atom. The molecule has 1 aliphatic heterocycles. The molecule has 82 valence electrons. The summed E-state index contributed by atoms with van der Waals surface area (Å²) in [5.74, 6) is 0. The van der Waals surface area contributed by atoms with E-state index in [0.29, 0.717) is 0 Å². The quantitative estimate of drug-likeness (QED) is 0.728. The fourth-order valence-electron chi connectivity index (χ4n) is 1.44. The smallest absolute Gasteiger partial charge is 0.317 e. The number of hydrogen-bond donors (Lipinski definition) is 1. The van der Waals surface area contributed by atoms with Crippen LogP contribution < -0.4 is 5.32 Å². The molecule has 0 aromatic heterocycles. The number of urea groups is 1. The molecule has 2 amide bonds. The Morgan fingerprint density at radius 3 is 2.57 bits per heavy atom. The summed E-state index contributed by atoms with van der Waals surface area (Å²) in [6.45, 7) is 6.26. The average molecular weight is 200 g/mol. The number of hydrogen-bond acceptors (Lipinski definition) is 2. The topological polar surface area (TPSA) is 41.6 Å². The van der Waals surface area contributed by atoms with Crippen LogP contribution in [0.1, 0.15) is 26.7 Å². The normalized spacial score (nSPS) is 20.2. The van der Waals surface area contributed by atoms with E-state index in [2.05, 4.69) is 12.2 Å². The summed E-state index contributed by atoms with van der Waals surface area (Å²) in [4.78, 5) is 13.3. The minimum atomic E-state index is -0.0846. The van der Waals surface area contributed by atoms with Crippen molar-refractivity contribution in [3.05, 3.63) is 0 Å². The Kier molecular flexibility index (Phi) is 3.75. The van der Waals surface area contributed by atoms with Crippen molar-refractivity contribution >= 4 is 6.03 Å². The van der Waals surface area contributed by atoms with Crippen molar-refractivity contribution in [2.45, 2.75) is 32.2 Å². The summed E-state index contributed by atoms with van der Waals surface area (Å²) in [5.41, 5.74) is -0.0846. The number of carbonyl (C=O) groups excluding carboxylic acids is 1. The van der Waals surface area contributed by atoms with Crippen LogP contribution in [0.4, 0.5) is 4.79 Å². The van der Waals surface area contributed by atoms with Crippen LogP contribution >= 0.6 is 0 Å². The van der Waals surface area contributed by atoms with E-state index >= 15 is 0 Å². The first-order chi connectivity index (χ1) is 6.57. The molecule has 1 fully saturated rings. The molecule has 1 N–H and O–H groups in total. The molecule has 1 heterocycles. The second kappa shape index (κ2) is 4.64. The first-order valence-electron chi connectivity index (χ1n) is 5.18. The van der Waals surface area contributed by atoms with Crippen LogP contribution in [0, 0.1) is 0 Å². The van der Waals surface area contributed by atoms with Gasteiger partial charge in [0.05, 0.1) is 0 Å². The molecule has 4 nitrogen and oxygen atoms in total. The number of nitrogens with one attached hydrogen (secondary N) is 1. The van der Waals surface area contributed by atoms with Gasteiger partial charge in [-0.1, -0.05) is 0 Å². The standard InChI is InChI=1S/C10H20N2O2/c1-4-12(3)9(13)11-10(2)5-7-14-8-6-10/h4-8H2,1-3H3,(H,11,13). The van der Waals surface area contributed by atoms with Gasteiger partial charge in [0.25, 0.3) is 0 Å². The van der Waals surface area contributed by atoms with E-state index in [1.165, 1.54) is 0 Å². The molecule has 0 unspecified atom stereocenters. The average Bonchev–Trinajstić information content (AvgIpc) is 2.17. The second-order valence-corrected chi connectivity index (χ2v) is 4.12. The zero-order chi connectivity index (χ0) is 10.6. The lowest BCUT2D eigenvalue weighted by molar-refractivity contribution is 0.0474. The maximum absolute atomic E-state index is 11.6. The van der Waals surface area contributed by atoms with E-state index in [0.717, 1.165) is 32.6 Å². The lowest BCUT2D eigenvalue weighted by Gasteiger charge is -2.35. The molecule has 4 heteroatoms. The summed E-state index contributed by atoms with van der Waals surface area (Å²) in [6.07, 6.45) is 1.80. The zero-order valence-corrected chi connectivity index (χ0v) is 9.30. The fourth-order valence-corrected chi connectivity index (χ4v) is 1.44. The summed E-state index contributed by atoms with van der Waals surface area (Å²) < 4.78 is 5.27. The van der Waals surface area contributed by atoms with Crippen molar-refractivity contribution in [2.24, 2.45) is 0 Å². The predicted octanol–water partition coefficient (Wildman–Crippen LogP) is 1.22. The van der Waals surface area contributed by atoms with E-state index in [4.69, 9.17) is 4.74 Å². The van der Waals surface area contributed by atoms with Gasteiger partial charge in [0, 0.05) is 32.3 Å². The van der Waals surface area contributed by atoms with Gasteiger partial charge in [-0.05, 0) is 26.7 Å². The molecule has 0 atom stereocenters. The lowest BCUT2D eigenvalue weighted by atomic mass is 9.93. The molecule has 0 aliphatic carbocycles. The number of nitrogens with zero attached hydrogens (tertiary/aromatic N) is 1. The molecule has 0 spiro atoms. The van der Waals surface area contributed by atoms with E-state index < -0.39 is 0 Å². The summed E-state index contributed by atoms with van der Waals surface area (Å²) in [5, 5.41) is 3.05. The Labute approximate surface area is 85.6 Å². The molecule has 0 saturated carbocycles. The molecule has 0 bridgehead atoms. The number of ether oxygens (including phenoxy) is 1. The largest absolute Gasteiger partial charge is 0.381 e. The first kappa shape index (κ1) is 11.3. The van der Waals surface area contributed by atoms with Gasteiger partial charge >= 0.3 is 6.03 Å². The minimum absolute atomic E-state index is 0.0110. The van der Waals surface area contributed by atoms with Crippen LogP contribution in [0.15, 0.2) is 0 Å². The number of rotatable bonds is 2. The molecule has 1 rings (SSSR count). The summed E-state index contributed by atoms with van der Waals surface area (Å²) in [6, 6.07) is 0.0110. The van der Waals surface area contributed by atoms with Gasteiger partial charge in [-0.2, -0.15) is 0 Å². The fraction of sp³-hybridized carbons (Fsp3) is 0.900. The monoisotopic (exact) mass is 200 g/mol. The highest BCUT2D eigenvalue weighted by atomic mass is 16.5. The van der Waals surface area contributed by atoms with Crippen LogP contribution in [0.2, 0.25) is 0 Å². The van der Waals surface area contributed by atoms with Crippen molar-refractivity contribution in [2.75, 3.05) is 26.8 Å². The predicted molar refractivity (Wildman–Crippen MR) is 55.3 cm³/mol. The van der Waals surface area contributed by atoms with Crippen molar-refractivity contribution in [3.8, 4) is 0 Å². The number of amides is 2. The highest BCUT2D eigenvalue weighted by molar-refractivity contribution is 5.74. The zero-order valence-electron chi connectivity index (χ0n) is 9.30. The minimum Gasteiger partial charge on any atom is -0.381 e. The summed E-state index contributed by atoms with van der Waals surface area (Å²) in [7, 11) is 1.80. The van der Waals surface area contributed by atoms with Crippen LogP contribution in [0.3, 0.4) is 0 Å². The molecule has 1 saturated heterocycles. The molecule has 0 aromatic carbocycles. The van der Waals surface area contributed by atoms with E-state index in [9.17, 15) is 4.79 Å². The third-order valence-corrected chi connectivity index (χ3v) is 2.83. The maximum Gasteiger partial charge on any atom is 0.317 e. The molecular weight excluding hydrogens is 180 g/mol. The van der Waals surface area contributed by atoms with Crippen molar-refractivity contribution < 1.29 is 9.53 Å². The van der Waals surface area contributed by atoms with Crippen LogP contribution in [-0.2, 0) is 4.74 Å². The highest BCUT2D eigenvalue weighted by Crippen LogP contribution is 2.19. The van der Waals surface area contributed by atoms with E-state index in [-0.39, 0.29) is 11.6 Å². The lowest BCUT2D eigenvalue weighted by Crippen LogP contribution is -2.53. The van der Waals surface area contributed by atoms with E-state index in [1.807, 2.05) is 6.92 Å². The SMILES string of the molecule is CCN(C)C(=O)NC1(C)CCOCC1. The van der Waals surface area contributed by atoms with Crippen molar-refractivity contribution in [3.63, 3.8) is 0 Å². The molecule has 14 heavy (non-hydrogen) atoms. The number of carbonyl (C=O) groups is 1. The third kappa shape index (κ3) is 2.87. The molecular formula is C10H20N2O2. The summed E-state index contributed by atoms with van der Waals surface area (Å²) >= 11 is 0. The molecule has 1 aliphatic rings. The Balaban J connectivity index is 2.44. The maximum atomic E-state index is 11.6. The Bertz CT molecular complexity index is 200. The Morgan fingerprint density at radius 2 is 2.07 bits per heavy atom. The van der Waals surface area contributed by atoms with Crippen molar-refractivity contribution in [1.82, 2.24) is 10.2 Å². The van der Waals surface area contributed by atoms with Gasteiger partial charge < -0.3 is 15.0 Å². The Hall–Kier alpha value is -0.770. The highest BCUT2D eigenvalue weighted by Gasteiger charge is 2.29. The second-order valence-electron chi connectivity index (χ2n) is 4.12. The van der Waals surface area contributed by atoms with E-state index in [1.54, 1.807) is 11.9 Å². The third-order valence-electron chi connectivity index (χ3n) is 2.83. The van der Waals surface area contributed by atoms with Crippen LogP contribution in [-0.4, -0.2) is 43.3 Å². The van der Waals surface area contributed by atoms with Crippen LogP contribution in [0.5, 0.6) is 0 Å². The van der Waals surface area contributed by atoms with Crippen LogP contribution in [0.25, 0.3) is 0 Å². The molecule has 0 aromatic rings.